The average Bonchev–Trinajstić information content (AvgIpc) is 2.33. The van der Waals surface area contributed by atoms with Crippen LogP contribution in [-0.2, 0) is 0 Å². The van der Waals surface area contributed by atoms with Crippen LogP contribution in [0.2, 0.25) is 5.02 Å². The molecule has 0 aromatic heterocycles. The first-order valence-electron chi connectivity index (χ1n) is 6.88. The number of piperidine rings is 1. The van der Waals surface area contributed by atoms with E-state index in [2.05, 4.69) is 31.1 Å². The summed E-state index contributed by atoms with van der Waals surface area (Å²) in [5.74, 6) is -0.283. The monoisotopic (exact) mass is 284 g/mol. The lowest BCUT2D eigenvalue weighted by molar-refractivity contribution is 0.163. The molecule has 106 valence electrons. The van der Waals surface area contributed by atoms with Gasteiger partial charge in [-0.15, -0.1) is 0 Å². The van der Waals surface area contributed by atoms with Gasteiger partial charge in [-0.3, -0.25) is 0 Å². The minimum absolute atomic E-state index is 0.147. The van der Waals surface area contributed by atoms with Crippen LogP contribution in [0.1, 0.15) is 38.3 Å². The lowest BCUT2D eigenvalue weighted by Crippen LogP contribution is -2.46. The molecule has 0 amide bonds. The standard InChI is InChI=1S/C15H22ClFN2/c1-10-8-13(6-7-19(10)3)18-11(2)14-5-4-12(17)9-15(14)16/h4-5,9-11,13,18H,6-8H2,1-3H3. The Morgan fingerprint density at radius 3 is 2.84 bits per heavy atom. The molecule has 19 heavy (non-hydrogen) atoms. The summed E-state index contributed by atoms with van der Waals surface area (Å²) in [7, 11) is 2.17. The van der Waals surface area contributed by atoms with Gasteiger partial charge in [-0.2, -0.15) is 0 Å². The number of hydrogen-bond donors (Lipinski definition) is 1. The van der Waals surface area contributed by atoms with Gasteiger partial charge in [0.2, 0.25) is 0 Å². The Morgan fingerprint density at radius 2 is 2.21 bits per heavy atom. The number of hydrogen-bond acceptors (Lipinski definition) is 2. The Morgan fingerprint density at radius 1 is 1.47 bits per heavy atom. The zero-order valence-corrected chi connectivity index (χ0v) is 12.5. The molecule has 1 fully saturated rings. The van der Waals surface area contributed by atoms with E-state index < -0.39 is 0 Å². The molecule has 0 aliphatic carbocycles. The van der Waals surface area contributed by atoms with Crippen molar-refractivity contribution in [3.8, 4) is 0 Å². The maximum atomic E-state index is 13.1. The zero-order valence-electron chi connectivity index (χ0n) is 11.8. The molecule has 1 aliphatic rings. The molecular weight excluding hydrogens is 263 g/mol. The molecule has 0 radical (unpaired) electrons. The molecule has 3 atom stereocenters. The van der Waals surface area contributed by atoms with E-state index in [1.165, 1.54) is 12.1 Å². The maximum Gasteiger partial charge on any atom is 0.124 e. The van der Waals surface area contributed by atoms with Crippen molar-refractivity contribution in [3.63, 3.8) is 0 Å². The quantitative estimate of drug-likeness (QED) is 0.912. The predicted octanol–water partition coefficient (Wildman–Crippen LogP) is 3.61. The third kappa shape index (κ3) is 3.68. The van der Waals surface area contributed by atoms with E-state index in [0.29, 0.717) is 17.1 Å². The van der Waals surface area contributed by atoms with Gasteiger partial charge in [0, 0.05) is 23.1 Å². The highest BCUT2D eigenvalue weighted by molar-refractivity contribution is 6.31. The minimum atomic E-state index is -0.283. The Balaban J connectivity index is 1.99. The molecular formula is C15H22ClFN2. The fraction of sp³-hybridized carbons (Fsp3) is 0.600. The van der Waals surface area contributed by atoms with E-state index in [0.717, 1.165) is 24.9 Å². The van der Waals surface area contributed by atoms with Gasteiger partial charge in [-0.1, -0.05) is 17.7 Å². The van der Waals surface area contributed by atoms with Crippen LogP contribution in [0.4, 0.5) is 4.39 Å². The Labute approximate surface area is 119 Å². The highest BCUT2D eigenvalue weighted by atomic mass is 35.5. The molecule has 1 aromatic carbocycles. The second-order valence-corrected chi connectivity index (χ2v) is 6.01. The predicted molar refractivity (Wildman–Crippen MR) is 78.1 cm³/mol. The summed E-state index contributed by atoms with van der Waals surface area (Å²) in [4.78, 5) is 2.38. The summed E-state index contributed by atoms with van der Waals surface area (Å²) >= 11 is 6.11. The van der Waals surface area contributed by atoms with Crippen molar-refractivity contribution in [2.24, 2.45) is 0 Å². The molecule has 0 spiro atoms. The Hall–Kier alpha value is -0.640. The molecule has 0 saturated carbocycles. The van der Waals surface area contributed by atoms with Crippen LogP contribution >= 0.6 is 11.6 Å². The van der Waals surface area contributed by atoms with Crippen LogP contribution in [0.25, 0.3) is 0 Å². The summed E-state index contributed by atoms with van der Waals surface area (Å²) < 4.78 is 13.1. The highest BCUT2D eigenvalue weighted by Crippen LogP contribution is 2.25. The average molecular weight is 285 g/mol. The molecule has 2 rings (SSSR count). The molecule has 4 heteroatoms. The third-order valence-corrected chi connectivity index (χ3v) is 4.45. The van der Waals surface area contributed by atoms with E-state index in [1.807, 2.05) is 0 Å². The van der Waals surface area contributed by atoms with Gasteiger partial charge in [-0.25, -0.2) is 4.39 Å². The Kier molecular flexibility index (Phi) is 4.82. The molecule has 0 bridgehead atoms. The number of nitrogens with zero attached hydrogens (tertiary/aromatic N) is 1. The van der Waals surface area contributed by atoms with Crippen LogP contribution in [0, 0.1) is 5.82 Å². The van der Waals surface area contributed by atoms with E-state index in [-0.39, 0.29) is 11.9 Å². The third-order valence-electron chi connectivity index (χ3n) is 4.12. The largest absolute Gasteiger partial charge is 0.307 e. The Bertz CT molecular complexity index is 438. The van der Waals surface area contributed by atoms with Gasteiger partial charge < -0.3 is 10.2 Å². The molecule has 1 aliphatic heterocycles. The van der Waals surface area contributed by atoms with E-state index >= 15 is 0 Å². The first-order valence-corrected chi connectivity index (χ1v) is 7.26. The van der Waals surface area contributed by atoms with Crippen LogP contribution in [0.5, 0.6) is 0 Å². The summed E-state index contributed by atoms with van der Waals surface area (Å²) in [5.41, 5.74) is 0.967. The summed E-state index contributed by atoms with van der Waals surface area (Å²) in [6.07, 6.45) is 2.28. The van der Waals surface area contributed by atoms with Crippen molar-refractivity contribution in [3.05, 3.63) is 34.6 Å². The number of benzene rings is 1. The summed E-state index contributed by atoms with van der Waals surface area (Å²) in [6, 6.07) is 5.87. The van der Waals surface area contributed by atoms with Crippen LogP contribution in [-0.4, -0.2) is 30.6 Å². The van der Waals surface area contributed by atoms with E-state index in [1.54, 1.807) is 6.07 Å². The van der Waals surface area contributed by atoms with E-state index in [9.17, 15) is 4.39 Å². The molecule has 1 N–H and O–H groups in total. The first kappa shape index (κ1) is 14.8. The summed E-state index contributed by atoms with van der Waals surface area (Å²) in [6.45, 7) is 5.45. The number of likely N-dealkylation sites (tertiary alicyclic amines) is 1. The second kappa shape index (κ2) is 6.21. The van der Waals surface area contributed by atoms with Crippen LogP contribution in [0.3, 0.4) is 0 Å². The molecule has 3 unspecified atom stereocenters. The topological polar surface area (TPSA) is 15.3 Å². The molecule has 2 nitrogen and oxygen atoms in total. The van der Waals surface area contributed by atoms with Gasteiger partial charge >= 0.3 is 0 Å². The maximum absolute atomic E-state index is 13.1. The normalized spacial score (nSPS) is 26.4. The first-order chi connectivity index (χ1) is 8.97. The number of nitrogens with one attached hydrogen (secondary N) is 1. The molecule has 1 heterocycles. The van der Waals surface area contributed by atoms with Gasteiger partial charge in [0.1, 0.15) is 5.82 Å². The van der Waals surface area contributed by atoms with Crippen molar-refractivity contribution in [1.29, 1.82) is 0 Å². The fourth-order valence-electron chi connectivity index (χ4n) is 2.74. The van der Waals surface area contributed by atoms with Crippen molar-refractivity contribution < 1.29 is 4.39 Å². The molecule has 1 aromatic rings. The SMILES string of the molecule is CC(NC1CCN(C)C(C)C1)c1ccc(F)cc1Cl. The van der Waals surface area contributed by atoms with Gasteiger partial charge in [0.15, 0.2) is 0 Å². The van der Waals surface area contributed by atoms with Gasteiger partial charge in [0.25, 0.3) is 0 Å². The zero-order chi connectivity index (χ0) is 14.0. The van der Waals surface area contributed by atoms with Crippen LogP contribution < -0.4 is 5.32 Å². The van der Waals surface area contributed by atoms with Gasteiger partial charge in [-0.05, 0) is 58.0 Å². The lowest BCUT2D eigenvalue weighted by Gasteiger charge is -2.36. The van der Waals surface area contributed by atoms with Crippen molar-refractivity contribution in [1.82, 2.24) is 10.2 Å². The second-order valence-electron chi connectivity index (χ2n) is 5.61. The summed E-state index contributed by atoms with van der Waals surface area (Å²) in [5, 5.41) is 4.11. The van der Waals surface area contributed by atoms with Crippen molar-refractivity contribution in [2.45, 2.75) is 44.8 Å². The van der Waals surface area contributed by atoms with Crippen LogP contribution in [0.15, 0.2) is 18.2 Å². The van der Waals surface area contributed by atoms with E-state index in [4.69, 9.17) is 11.6 Å². The minimum Gasteiger partial charge on any atom is -0.307 e. The highest BCUT2D eigenvalue weighted by Gasteiger charge is 2.24. The van der Waals surface area contributed by atoms with Gasteiger partial charge in [0.05, 0.1) is 0 Å². The number of rotatable bonds is 3. The fourth-order valence-corrected chi connectivity index (χ4v) is 3.07. The smallest absolute Gasteiger partial charge is 0.124 e. The molecule has 1 saturated heterocycles. The number of halogens is 2. The van der Waals surface area contributed by atoms with Crippen molar-refractivity contribution in [2.75, 3.05) is 13.6 Å². The lowest BCUT2D eigenvalue weighted by atomic mass is 9.97. The van der Waals surface area contributed by atoms with Crippen molar-refractivity contribution >= 4 is 11.6 Å².